The van der Waals surface area contributed by atoms with Crippen molar-refractivity contribution in [2.24, 2.45) is 5.92 Å². The Bertz CT molecular complexity index is 1470. The maximum absolute atomic E-state index is 14.9. The molecule has 1 fully saturated rings. The van der Waals surface area contributed by atoms with Gasteiger partial charge in [0.2, 0.25) is 0 Å². The summed E-state index contributed by atoms with van der Waals surface area (Å²) in [6.07, 6.45) is -5.60. The van der Waals surface area contributed by atoms with Crippen molar-refractivity contribution < 1.29 is 63.3 Å². The lowest BCUT2D eigenvalue weighted by Crippen LogP contribution is -2.28. The summed E-state index contributed by atoms with van der Waals surface area (Å²) in [6, 6.07) is 4.92. The molecule has 0 unspecified atom stereocenters. The van der Waals surface area contributed by atoms with Crippen LogP contribution in [0.4, 0.5) is 39.5 Å². The maximum Gasteiger partial charge on any atom is 0.432 e. The summed E-state index contributed by atoms with van der Waals surface area (Å²) in [5.74, 6) is -10.1. The van der Waals surface area contributed by atoms with Crippen molar-refractivity contribution in [2.45, 2.75) is 38.3 Å². The van der Waals surface area contributed by atoms with Gasteiger partial charge in [-0.15, -0.1) is 0 Å². The van der Waals surface area contributed by atoms with Crippen LogP contribution in [-0.4, -0.2) is 19.2 Å². The maximum atomic E-state index is 14.9. The van der Waals surface area contributed by atoms with E-state index in [1.54, 1.807) is 0 Å². The number of ether oxygens (including phenoxy) is 4. The molecular formula is C30H23F9O5. The van der Waals surface area contributed by atoms with Gasteiger partial charge in [-0.1, -0.05) is 12.2 Å². The van der Waals surface area contributed by atoms with E-state index in [4.69, 9.17) is 9.47 Å². The zero-order valence-electron chi connectivity index (χ0n) is 22.7. The van der Waals surface area contributed by atoms with Crippen molar-refractivity contribution in [2.75, 3.05) is 13.2 Å². The molecule has 0 aromatic heterocycles. The molecule has 0 spiro atoms. The zero-order valence-corrected chi connectivity index (χ0v) is 22.7. The normalized spacial score (nSPS) is 17.6. The number of halogens is 9. The van der Waals surface area contributed by atoms with Crippen molar-refractivity contribution in [3.8, 4) is 11.5 Å². The summed E-state index contributed by atoms with van der Waals surface area (Å²) >= 11 is 0. The van der Waals surface area contributed by atoms with Crippen molar-refractivity contribution in [1.29, 1.82) is 0 Å². The first-order chi connectivity index (χ1) is 20.7. The van der Waals surface area contributed by atoms with Crippen LogP contribution in [0.15, 0.2) is 60.7 Å². The summed E-state index contributed by atoms with van der Waals surface area (Å²) in [7, 11) is 0. The molecule has 5 nitrogen and oxygen atoms in total. The molecule has 236 valence electrons. The summed E-state index contributed by atoms with van der Waals surface area (Å²) in [5, 5.41) is 0. The van der Waals surface area contributed by atoms with E-state index >= 15 is 0 Å². The molecule has 0 saturated carbocycles. The van der Waals surface area contributed by atoms with E-state index in [9.17, 15) is 44.3 Å². The van der Waals surface area contributed by atoms with Crippen molar-refractivity contribution in [3.05, 3.63) is 106 Å². The summed E-state index contributed by atoms with van der Waals surface area (Å²) in [4.78, 5) is 12.3. The molecule has 0 aliphatic carbocycles. The Morgan fingerprint density at radius 3 is 1.91 bits per heavy atom. The second-order valence-corrected chi connectivity index (χ2v) is 9.66. The van der Waals surface area contributed by atoms with E-state index in [2.05, 4.69) is 9.47 Å². The molecule has 0 bridgehead atoms. The Kier molecular flexibility index (Phi) is 9.94. The number of alkyl halides is 5. The molecule has 3 aromatic rings. The number of rotatable bonds is 9. The molecule has 14 heteroatoms. The first-order valence-corrected chi connectivity index (χ1v) is 13.0. The quantitative estimate of drug-likeness (QED) is 0.102. The Balaban J connectivity index is 1.41. The van der Waals surface area contributed by atoms with E-state index in [0.29, 0.717) is 12.1 Å². The molecule has 0 radical (unpaired) electrons. The number of hydrogen-bond donors (Lipinski definition) is 0. The topological polar surface area (TPSA) is 54.0 Å². The van der Waals surface area contributed by atoms with Gasteiger partial charge >= 0.3 is 18.3 Å². The molecule has 1 aliphatic rings. The van der Waals surface area contributed by atoms with Gasteiger partial charge in [0.05, 0.1) is 18.8 Å². The van der Waals surface area contributed by atoms with Gasteiger partial charge in [0.25, 0.3) is 0 Å². The largest absolute Gasteiger partial charge is 0.432 e. The third kappa shape index (κ3) is 7.72. The Hall–Kier alpha value is -4.04. The Labute approximate surface area is 244 Å². The van der Waals surface area contributed by atoms with E-state index in [0.717, 1.165) is 37.1 Å². The molecule has 1 heterocycles. The van der Waals surface area contributed by atoms with E-state index in [-0.39, 0.29) is 42.4 Å². The lowest BCUT2D eigenvalue weighted by molar-refractivity contribution is -0.206. The van der Waals surface area contributed by atoms with Crippen LogP contribution in [-0.2, 0) is 21.8 Å². The monoisotopic (exact) mass is 634 g/mol. The molecule has 3 aromatic carbocycles. The first-order valence-electron chi connectivity index (χ1n) is 13.0. The fourth-order valence-corrected chi connectivity index (χ4v) is 4.31. The fraction of sp³-hybridized carbons (Fsp3) is 0.300. The Morgan fingerprint density at radius 2 is 1.39 bits per heavy atom. The van der Waals surface area contributed by atoms with Gasteiger partial charge in [-0.05, 0) is 56.2 Å². The minimum absolute atomic E-state index is 0.0539. The third-order valence-electron chi connectivity index (χ3n) is 6.42. The lowest BCUT2D eigenvalue weighted by Gasteiger charge is -2.30. The smallest absolute Gasteiger partial charge is 0.429 e. The van der Waals surface area contributed by atoms with Crippen molar-refractivity contribution in [3.63, 3.8) is 0 Å². The van der Waals surface area contributed by atoms with Gasteiger partial charge in [0.15, 0.2) is 6.29 Å². The molecule has 0 atom stereocenters. The van der Waals surface area contributed by atoms with Crippen LogP contribution >= 0.6 is 0 Å². The van der Waals surface area contributed by atoms with Gasteiger partial charge in [-0.2, -0.15) is 22.0 Å². The molecule has 44 heavy (non-hydrogen) atoms. The van der Waals surface area contributed by atoms with Crippen LogP contribution in [0.25, 0.3) is 0 Å². The first kappa shape index (κ1) is 32.9. The average molecular weight is 634 g/mol. The van der Waals surface area contributed by atoms with Crippen LogP contribution in [0.1, 0.15) is 53.1 Å². The minimum Gasteiger partial charge on any atom is -0.429 e. The van der Waals surface area contributed by atoms with E-state index in [1.807, 2.05) is 19.1 Å². The number of benzene rings is 3. The highest BCUT2D eigenvalue weighted by Gasteiger charge is 2.42. The van der Waals surface area contributed by atoms with Gasteiger partial charge in [-0.3, -0.25) is 0 Å². The van der Waals surface area contributed by atoms with Crippen molar-refractivity contribution in [1.82, 2.24) is 0 Å². The highest BCUT2D eigenvalue weighted by Crippen LogP contribution is 2.38. The van der Waals surface area contributed by atoms with Crippen molar-refractivity contribution >= 4 is 5.97 Å². The standard InChI is InChI=1S/C30H23F9O5/c1-2-3-4-5-16-14-41-28(42-15-16)18-10-21(31)26(22(32)11-18)30(38,39)44-19-8-6-17(7-9-19)27(40)43-20-12-23(33)25(24(34)13-20)29(35,36)37/h2-3,6-13,16,28H,4-5,14-15H2,1H3/b3-2+. The lowest BCUT2D eigenvalue weighted by atomic mass is 10.0. The third-order valence-corrected chi connectivity index (χ3v) is 6.42. The van der Waals surface area contributed by atoms with Crippen LogP contribution in [0.3, 0.4) is 0 Å². The number of carbonyl (C=O) groups is 1. The summed E-state index contributed by atoms with van der Waals surface area (Å²) in [6.45, 7) is 2.37. The predicted molar refractivity (Wildman–Crippen MR) is 136 cm³/mol. The number of esters is 1. The molecule has 0 N–H and O–H groups in total. The number of allylic oxidation sites excluding steroid dienone is 2. The van der Waals surface area contributed by atoms with Crippen LogP contribution < -0.4 is 9.47 Å². The predicted octanol–water partition coefficient (Wildman–Crippen LogP) is 8.63. The van der Waals surface area contributed by atoms with Gasteiger partial charge in [-0.25, -0.2) is 22.4 Å². The molecule has 1 saturated heterocycles. The second kappa shape index (κ2) is 13.3. The number of hydrogen-bond acceptors (Lipinski definition) is 5. The van der Waals surface area contributed by atoms with E-state index < -0.39 is 70.4 Å². The second-order valence-electron chi connectivity index (χ2n) is 9.66. The van der Waals surface area contributed by atoms with Gasteiger partial charge < -0.3 is 18.9 Å². The van der Waals surface area contributed by atoms with Crippen LogP contribution in [0.5, 0.6) is 11.5 Å². The summed E-state index contributed by atoms with van der Waals surface area (Å²) < 4.78 is 145. The summed E-state index contributed by atoms with van der Waals surface area (Å²) in [5.41, 5.74) is -4.42. The molecule has 4 rings (SSSR count). The molecule has 0 amide bonds. The average Bonchev–Trinajstić information content (AvgIpc) is 2.92. The highest BCUT2D eigenvalue weighted by molar-refractivity contribution is 5.91. The van der Waals surface area contributed by atoms with Gasteiger partial charge in [0, 0.05) is 23.6 Å². The van der Waals surface area contributed by atoms with Gasteiger partial charge in [0.1, 0.15) is 45.9 Å². The molecular weight excluding hydrogens is 611 g/mol. The zero-order chi connectivity index (χ0) is 32.2. The molecule has 1 aliphatic heterocycles. The Morgan fingerprint density at radius 1 is 0.841 bits per heavy atom. The van der Waals surface area contributed by atoms with Crippen LogP contribution in [0.2, 0.25) is 0 Å². The fourth-order valence-electron chi connectivity index (χ4n) is 4.31. The van der Waals surface area contributed by atoms with E-state index in [1.165, 1.54) is 0 Å². The highest BCUT2D eigenvalue weighted by atomic mass is 19.4. The number of carbonyl (C=O) groups excluding carboxylic acids is 1. The SMILES string of the molecule is C/C=C/CCC1COC(c2cc(F)c(C(F)(F)Oc3ccc(C(=O)Oc4cc(F)c(C(F)(F)F)c(F)c4)cc3)c(F)c2)OC1. The minimum atomic E-state index is -5.34. The van der Waals surface area contributed by atoms with Crippen LogP contribution in [0, 0.1) is 29.2 Å².